The standard InChI is InChI=1S/C14H20N2O3S/c1-14(6-3-2-4-7-14)13(19)15-8-5-11-16-10(9-20-11)12(17)18/h9H,2-8H2,1H3,(H,15,19)(H,17,18). The highest BCUT2D eigenvalue weighted by atomic mass is 32.1. The molecule has 2 N–H and O–H groups in total. The van der Waals surface area contributed by atoms with E-state index in [9.17, 15) is 9.59 Å². The summed E-state index contributed by atoms with van der Waals surface area (Å²) in [6.07, 6.45) is 5.97. The van der Waals surface area contributed by atoms with E-state index in [4.69, 9.17) is 5.11 Å². The molecule has 20 heavy (non-hydrogen) atoms. The zero-order valence-electron chi connectivity index (χ0n) is 11.6. The Bertz CT molecular complexity index is 492. The molecule has 0 radical (unpaired) electrons. The van der Waals surface area contributed by atoms with Crippen LogP contribution in [0.15, 0.2) is 5.38 Å². The molecule has 0 aliphatic heterocycles. The molecule has 1 amide bonds. The first kappa shape index (κ1) is 15.0. The quantitative estimate of drug-likeness (QED) is 0.875. The highest BCUT2D eigenvalue weighted by Crippen LogP contribution is 2.35. The van der Waals surface area contributed by atoms with Crippen molar-refractivity contribution in [2.24, 2.45) is 5.41 Å². The van der Waals surface area contributed by atoms with Crippen LogP contribution in [0.25, 0.3) is 0 Å². The largest absolute Gasteiger partial charge is 0.476 e. The number of rotatable bonds is 5. The van der Waals surface area contributed by atoms with Gasteiger partial charge in [-0.1, -0.05) is 26.2 Å². The first-order chi connectivity index (χ1) is 9.51. The average molecular weight is 296 g/mol. The number of aromatic nitrogens is 1. The summed E-state index contributed by atoms with van der Waals surface area (Å²) in [6, 6.07) is 0. The van der Waals surface area contributed by atoms with Crippen molar-refractivity contribution >= 4 is 23.2 Å². The molecule has 1 aliphatic carbocycles. The molecule has 1 aromatic rings. The van der Waals surface area contributed by atoms with Gasteiger partial charge < -0.3 is 10.4 Å². The smallest absolute Gasteiger partial charge is 0.355 e. The van der Waals surface area contributed by atoms with Crippen molar-refractivity contribution < 1.29 is 14.7 Å². The monoisotopic (exact) mass is 296 g/mol. The SMILES string of the molecule is CC1(C(=O)NCCc2nc(C(=O)O)cs2)CCCCC1. The second kappa shape index (κ2) is 6.35. The van der Waals surface area contributed by atoms with Gasteiger partial charge in [0.1, 0.15) is 0 Å². The fourth-order valence-corrected chi connectivity index (χ4v) is 3.35. The van der Waals surface area contributed by atoms with Crippen molar-refractivity contribution in [3.63, 3.8) is 0 Å². The molecule has 5 nitrogen and oxygen atoms in total. The van der Waals surface area contributed by atoms with E-state index in [1.807, 2.05) is 6.92 Å². The Morgan fingerprint density at radius 2 is 2.10 bits per heavy atom. The second-order valence-electron chi connectivity index (χ2n) is 5.56. The highest BCUT2D eigenvalue weighted by molar-refractivity contribution is 7.09. The Labute approximate surface area is 122 Å². The molecule has 0 unspecified atom stereocenters. The summed E-state index contributed by atoms with van der Waals surface area (Å²) in [5.41, 5.74) is -0.150. The molecule has 2 rings (SSSR count). The topological polar surface area (TPSA) is 79.3 Å². The molecule has 1 aliphatic rings. The lowest BCUT2D eigenvalue weighted by atomic mass is 9.75. The van der Waals surface area contributed by atoms with E-state index in [2.05, 4.69) is 10.3 Å². The van der Waals surface area contributed by atoms with E-state index >= 15 is 0 Å². The lowest BCUT2D eigenvalue weighted by Crippen LogP contribution is -2.41. The van der Waals surface area contributed by atoms with E-state index in [0.717, 1.165) is 30.7 Å². The maximum Gasteiger partial charge on any atom is 0.355 e. The number of thiazole rings is 1. The molecular formula is C14H20N2O3S. The molecule has 0 bridgehead atoms. The van der Waals surface area contributed by atoms with Gasteiger partial charge in [-0.2, -0.15) is 0 Å². The maximum absolute atomic E-state index is 12.2. The number of aromatic carboxylic acids is 1. The van der Waals surface area contributed by atoms with E-state index in [-0.39, 0.29) is 17.0 Å². The number of nitrogens with one attached hydrogen (secondary N) is 1. The van der Waals surface area contributed by atoms with Gasteiger partial charge >= 0.3 is 5.97 Å². The Balaban J connectivity index is 1.80. The molecule has 6 heteroatoms. The number of carboxylic acids is 1. The third kappa shape index (κ3) is 3.56. The lowest BCUT2D eigenvalue weighted by molar-refractivity contribution is -0.131. The van der Waals surface area contributed by atoms with Crippen LogP contribution in [0, 0.1) is 5.41 Å². The van der Waals surface area contributed by atoms with Crippen molar-refractivity contribution in [1.29, 1.82) is 0 Å². The zero-order chi connectivity index (χ0) is 14.6. The summed E-state index contributed by atoms with van der Waals surface area (Å²) in [7, 11) is 0. The number of carbonyl (C=O) groups is 2. The predicted molar refractivity (Wildman–Crippen MR) is 77.0 cm³/mol. The van der Waals surface area contributed by atoms with E-state index in [1.165, 1.54) is 23.1 Å². The highest BCUT2D eigenvalue weighted by Gasteiger charge is 2.34. The van der Waals surface area contributed by atoms with Crippen molar-refractivity contribution in [3.8, 4) is 0 Å². The second-order valence-corrected chi connectivity index (χ2v) is 6.50. The lowest BCUT2D eigenvalue weighted by Gasteiger charge is -2.31. The molecule has 0 aromatic carbocycles. The Morgan fingerprint density at radius 1 is 1.40 bits per heavy atom. The Morgan fingerprint density at radius 3 is 2.70 bits per heavy atom. The molecule has 110 valence electrons. The number of hydrogen-bond acceptors (Lipinski definition) is 4. The van der Waals surface area contributed by atoms with Gasteiger partial charge in [0.2, 0.25) is 5.91 Å². The third-order valence-corrected chi connectivity index (χ3v) is 4.81. The van der Waals surface area contributed by atoms with Gasteiger partial charge in [-0.25, -0.2) is 9.78 Å². The van der Waals surface area contributed by atoms with Gasteiger partial charge in [0, 0.05) is 23.8 Å². The molecule has 0 atom stereocenters. The molecule has 1 heterocycles. The summed E-state index contributed by atoms with van der Waals surface area (Å²) in [5, 5.41) is 14.0. The number of amides is 1. The van der Waals surface area contributed by atoms with Crippen LogP contribution in [0.2, 0.25) is 0 Å². The minimum atomic E-state index is -1.01. The fraction of sp³-hybridized carbons (Fsp3) is 0.643. The number of nitrogens with zero attached hydrogens (tertiary/aromatic N) is 1. The van der Waals surface area contributed by atoms with Crippen molar-refractivity contribution in [3.05, 3.63) is 16.1 Å². The molecular weight excluding hydrogens is 276 g/mol. The van der Waals surface area contributed by atoms with Gasteiger partial charge in [-0.15, -0.1) is 11.3 Å². The van der Waals surface area contributed by atoms with Crippen molar-refractivity contribution in [2.45, 2.75) is 45.4 Å². The van der Waals surface area contributed by atoms with Gasteiger partial charge in [0.05, 0.1) is 5.01 Å². The first-order valence-electron chi connectivity index (χ1n) is 6.97. The molecule has 1 aromatic heterocycles. The van der Waals surface area contributed by atoms with Crippen LogP contribution in [-0.4, -0.2) is 28.5 Å². The minimum absolute atomic E-state index is 0.0792. The average Bonchev–Trinajstić information content (AvgIpc) is 2.88. The summed E-state index contributed by atoms with van der Waals surface area (Å²) >= 11 is 1.32. The van der Waals surface area contributed by atoms with Crippen LogP contribution < -0.4 is 5.32 Å². The molecule has 1 fully saturated rings. The van der Waals surface area contributed by atoms with E-state index < -0.39 is 5.97 Å². The van der Waals surface area contributed by atoms with Gasteiger partial charge in [-0.05, 0) is 12.8 Å². The third-order valence-electron chi connectivity index (χ3n) is 3.90. The van der Waals surface area contributed by atoms with Crippen LogP contribution in [0.4, 0.5) is 0 Å². The minimum Gasteiger partial charge on any atom is -0.476 e. The molecule has 0 spiro atoms. The summed E-state index contributed by atoms with van der Waals surface area (Å²) in [5.74, 6) is -0.890. The first-order valence-corrected chi connectivity index (χ1v) is 7.85. The molecule has 1 saturated carbocycles. The Kier molecular flexibility index (Phi) is 4.75. The van der Waals surface area contributed by atoms with E-state index in [0.29, 0.717) is 13.0 Å². The normalized spacial score (nSPS) is 17.6. The number of carbonyl (C=O) groups excluding carboxylic acids is 1. The van der Waals surface area contributed by atoms with Gasteiger partial charge in [0.25, 0.3) is 0 Å². The van der Waals surface area contributed by atoms with Crippen LogP contribution in [0.1, 0.15) is 54.5 Å². The maximum atomic E-state index is 12.2. The summed E-state index contributed by atoms with van der Waals surface area (Å²) in [6.45, 7) is 2.55. The van der Waals surface area contributed by atoms with E-state index in [1.54, 1.807) is 0 Å². The Hall–Kier alpha value is -1.43. The van der Waals surface area contributed by atoms with Crippen LogP contribution in [-0.2, 0) is 11.2 Å². The van der Waals surface area contributed by atoms with Crippen LogP contribution in [0.3, 0.4) is 0 Å². The van der Waals surface area contributed by atoms with Crippen molar-refractivity contribution in [2.75, 3.05) is 6.54 Å². The van der Waals surface area contributed by atoms with Crippen molar-refractivity contribution in [1.82, 2.24) is 10.3 Å². The zero-order valence-corrected chi connectivity index (χ0v) is 12.5. The number of carboxylic acid groups (broad SMARTS) is 1. The van der Waals surface area contributed by atoms with Crippen LogP contribution in [0.5, 0.6) is 0 Å². The molecule has 0 saturated heterocycles. The van der Waals surface area contributed by atoms with Gasteiger partial charge in [-0.3, -0.25) is 4.79 Å². The fourth-order valence-electron chi connectivity index (χ4n) is 2.58. The van der Waals surface area contributed by atoms with Gasteiger partial charge in [0.15, 0.2) is 5.69 Å². The summed E-state index contributed by atoms with van der Waals surface area (Å²) in [4.78, 5) is 26.9. The van der Waals surface area contributed by atoms with Crippen LogP contribution >= 0.6 is 11.3 Å². The number of hydrogen-bond donors (Lipinski definition) is 2. The predicted octanol–water partition coefficient (Wildman–Crippen LogP) is 2.47. The summed E-state index contributed by atoms with van der Waals surface area (Å²) < 4.78 is 0.